The van der Waals surface area contributed by atoms with Gasteiger partial charge in [-0.2, -0.15) is 0 Å². The lowest BCUT2D eigenvalue weighted by atomic mass is 10.0. The van der Waals surface area contributed by atoms with Crippen LogP contribution in [0.2, 0.25) is 5.15 Å². The Bertz CT molecular complexity index is 1190. The highest BCUT2D eigenvalue weighted by Crippen LogP contribution is 2.30. The summed E-state index contributed by atoms with van der Waals surface area (Å²) in [6.45, 7) is 2.17. The van der Waals surface area contributed by atoms with Crippen molar-refractivity contribution in [3.63, 3.8) is 0 Å². The molecule has 0 aromatic carbocycles. The molecule has 1 fully saturated rings. The molecule has 0 amide bonds. The summed E-state index contributed by atoms with van der Waals surface area (Å²) in [5, 5.41) is 1.38. The Morgan fingerprint density at radius 1 is 1.26 bits per heavy atom. The molecule has 4 aromatic rings. The van der Waals surface area contributed by atoms with Gasteiger partial charge < -0.3 is 9.72 Å². The smallest absolute Gasteiger partial charge is 0.327 e. The van der Waals surface area contributed by atoms with Crippen molar-refractivity contribution in [1.29, 1.82) is 0 Å². The maximum absolute atomic E-state index is 12.5. The van der Waals surface area contributed by atoms with E-state index in [1.54, 1.807) is 10.8 Å². The van der Waals surface area contributed by atoms with Crippen LogP contribution in [0.25, 0.3) is 33.3 Å². The Morgan fingerprint density at radius 3 is 2.96 bits per heavy atom. The number of imidazole rings is 1. The zero-order valence-corrected chi connectivity index (χ0v) is 15.3. The maximum atomic E-state index is 12.5. The van der Waals surface area contributed by atoms with Gasteiger partial charge in [-0.15, -0.1) is 0 Å². The van der Waals surface area contributed by atoms with E-state index in [0.29, 0.717) is 23.3 Å². The number of nitrogens with zero attached hydrogens (tertiary/aromatic N) is 3. The number of aromatic nitrogens is 5. The average molecular weight is 384 g/mol. The molecule has 138 valence electrons. The van der Waals surface area contributed by atoms with E-state index < -0.39 is 0 Å². The van der Waals surface area contributed by atoms with Crippen LogP contribution in [-0.4, -0.2) is 37.7 Å². The molecule has 0 unspecified atom stereocenters. The second-order valence-corrected chi connectivity index (χ2v) is 7.29. The fraction of sp³-hybridized carbons (Fsp3) is 0.316. The summed E-state index contributed by atoms with van der Waals surface area (Å²) < 4.78 is 7.20. The predicted octanol–water partition coefficient (Wildman–Crippen LogP) is 3.35. The van der Waals surface area contributed by atoms with Crippen LogP contribution in [0, 0.1) is 5.92 Å². The molecule has 0 spiro atoms. The van der Waals surface area contributed by atoms with Crippen molar-refractivity contribution in [2.75, 3.05) is 13.2 Å². The van der Waals surface area contributed by atoms with Crippen molar-refractivity contribution in [1.82, 2.24) is 24.5 Å². The van der Waals surface area contributed by atoms with Gasteiger partial charge in [0.2, 0.25) is 0 Å². The van der Waals surface area contributed by atoms with Gasteiger partial charge in [-0.25, -0.2) is 14.8 Å². The molecule has 1 saturated heterocycles. The van der Waals surface area contributed by atoms with Crippen LogP contribution < -0.4 is 5.69 Å². The molecule has 27 heavy (non-hydrogen) atoms. The third-order valence-electron chi connectivity index (χ3n) is 5.21. The maximum Gasteiger partial charge on any atom is 0.327 e. The molecule has 0 radical (unpaired) electrons. The van der Waals surface area contributed by atoms with Gasteiger partial charge in [-0.3, -0.25) is 9.55 Å². The summed E-state index contributed by atoms with van der Waals surface area (Å²) in [7, 11) is 0. The van der Waals surface area contributed by atoms with E-state index in [1.165, 1.54) is 0 Å². The molecule has 0 bridgehead atoms. The molecule has 1 aliphatic rings. The van der Waals surface area contributed by atoms with E-state index in [0.717, 1.165) is 53.7 Å². The number of H-pyrrole nitrogens is 2. The van der Waals surface area contributed by atoms with E-state index in [2.05, 4.69) is 19.9 Å². The van der Waals surface area contributed by atoms with Crippen LogP contribution in [0.4, 0.5) is 0 Å². The minimum absolute atomic E-state index is 0.133. The van der Waals surface area contributed by atoms with Crippen LogP contribution in [-0.2, 0) is 11.3 Å². The number of aromatic amines is 2. The Balaban J connectivity index is 1.60. The van der Waals surface area contributed by atoms with Crippen molar-refractivity contribution in [3.8, 4) is 11.1 Å². The molecule has 5 rings (SSSR count). The normalized spacial score (nSPS) is 15.7. The lowest BCUT2D eigenvalue weighted by Crippen LogP contribution is -2.25. The third kappa shape index (κ3) is 2.93. The predicted molar refractivity (Wildman–Crippen MR) is 104 cm³/mol. The van der Waals surface area contributed by atoms with Crippen LogP contribution in [0.3, 0.4) is 0 Å². The van der Waals surface area contributed by atoms with Gasteiger partial charge in [0.05, 0.1) is 5.52 Å². The molecule has 0 atom stereocenters. The van der Waals surface area contributed by atoms with Crippen LogP contribution in [0.15, 0.2) is 35.4 Å². The molecule has 8 heteroatoms. The fourth-order valence-electron chi connectivity index (χ4n) is 3.71. The van der Waals surface area contributed by atoms with Crippen LogP contribution in [0.1, 0.15) is 12.8 Å². The Labute approximate surface area is 159 Å². The van der Waals surface area contributed by atoms with E-state index in [1.807, 2.05) is 24.4 Å². The molecule has 2 N–H and O–H groups in total. The summed E-state index contributed by atoms with van der Waals surface area (Å²) in [4.78, 5) is 27.2. The number of nitrogens with one attached hydrogen (secondary N) is 2. The molecule has 4 aromatic heterocycles. The van der Waals surface area contributed by atoms with Gasteiger partial charge in [0.1, 0.15) is 10.8 Å². The van der Waals surface area contributed by atoms with Gasteiger partial charge in [-0.05, 0) is 37.0 Å². The Morgan fingerprint density at radius 2 is 2.11 bits per heavy atom. The van der Waals surface area contributed by atoms with Gasteiger partial charge in [0.25, 0.3) is 0 Å². The van der Waals surface area contributed by atoms with E-state index in [9.17, 15) is 4.79 Å². The van der Waals surface area contributed by atoms with Gasteiger partial charge in [0, 0.05) is 48.7 Å². The molecular weight excluding hydrogens is 366 g/mol. The van der Waals surface area contributed by atoms with Crippen molar-refractivity contribution in [2.24, 2.45) is 5.92 Å². The van der Waals surface area contributed by atoms with Crippen molar-refractivity contribution in [2.45, 2.75) is 19.4 Å². The van der Waals surface area contributed by atoms with Gasteiger partial charge in [0.15, 0.2) is 5.65 Å². The number of hydrogen-bond acceptors (Lipinski definition) is 4. The summed E-state index contributed by atoms with van der Waals surface area (Å²) in [6, 6.07) is 5.89. The minimum Gasteiger partial charge on any atom is -0.381 e. The first-order chi connectivity index (χ1) is 13.2. The van der Waals surface area contributed by atoms with Crippen LogP contribution in [0.5, 0.6) is 0 Å². The van der Waals surface area contributed by atoms with Crippen molar-refractivity contribution >= 4 is 33.8 Å². The zero-order chi connectivity index (χ0) is 18.4. The average Bonchev–Trinajstić information content (AvgIpc) is 3.25. The summed E-state index contributed by atoms with van der Waals surface area (Å²) >= 11 is 6.40. The van der Waals surface area contributed by atoms with E-state index in [-0.39, 0.29) is 5.69 Å². The lowest BCUT2D eigenvalue weighted by molar-refractivity contribution is 0.0613. The third-order valence-corrected chi connectivity index (χ3v) is 5.50. The second-order valence-electron chi connectivity index (χ2n) is 6.93. The van der Waals surface area contributed by atoms with Gasteiger partial charge >= 0.3 is 5.69 Å². The zero-order valence-electron chi connectivity index (χ0n) is 14.5. The first-order valence-corrected chi connectivity index (χ1v) is 9.37. The highest BCUT2D eigenvalue weighted by molar-refractivity contribution is 6.32. The fourth-order valence-corrected chi connectivity index (χ4v) is 3.96. The largest absolute Gasteiger partial charge is 0.381 e. The van der Waals surface area contributed by atoms with Crippen molar-refractivity contribution in [3.05, 3.63) is 46.2 Å². The first-order valence-electron chi connectivity index (χ1n) is 8.99. The molecule has 0 saturated carbocycles. The summed E-state index contributed by atoms with van der Waals surface area (Å²) in [5.74, 6) is 0.431. The molecule has 0 aliphatic carbocycles. The summed E-state index contributed by atoms with van der Waals surface area (Å²) in [5.41, 5.74) is 3.62. The van der Waals surface area contributed by atoms with Crippen molar-refractivity contribution < 1.29 is 4.74 Å². The highest BCUT2D eigenvalue weighted by atomic mass is 35.5. The number of pyridine rings is 2. The Kier molecular flexibility index (Phi) is 3.98. The van der Waals surface area contributed by atoms with E-state index >= 15 is 0 Å². The quantitative estimate of drug-likeness (QED) is 0.531. The second kappa shape index (κ2) is 6.51. The highest BCUT2D eigenvalue weighted by Gasteiger charge is 2.18. The van der Waals surface area contributed by atoms with E-state index in [4.69, 9.17) is 16.3 Å². The Hall–Kier alpha value is -2.64. The topological polar surface area (TPSA) is 88.6 Å². The lowest BCUT2D eigenvalue weighted by Gasteiger charge is -2.22. The number of halogens is 1. The molecule has 5 heterocycles. The number of fused-ring (bicyclic) bond motifs is 2. The standard InChI is InChI=1S/C19H18ClN5O2/c20-16-14(7-12-1-4-21-17(12)23-16)13-8-15-18(22-9-13)24-19(26)25(15)10-11-2-5-27-6-3-11/h1,4,7-9,11H,2-3,5-6,10H2,(H,21,23)(H,22,24,26). The van der Waals surface area contributed by atoms with Crippen LogP contribution >= 0.6 is 11.6 Å². The molecule has 7 nitrogen and oxygen atoms in total. The monoisotopic (exact) mass is 383 g/mol. The molecular formula is C19H18ClN5O2. The summed E-state index contributed by atoms with van der Waals surface area (Å²) in [6.07, 6.45) is 5.48. The number of hydrogen-bond donors (Lipinski definition) is 2. The van der Waals surface area contributed by atoms with Gasteiger partial charge in [-0.1, -0.05) is 11.6 Å². The minimum atomic E-state index is -0.133. The first kappa shape index (κ1) is 16.5. The molecule has 1 aliphatic heterocycles. The number of ether oxygens (including phenoxy) is 1. The SMILES string of the molecule is O=c1[nH]c2ncc(-c3cc4cc[nH]c4nc3Cl)cc2n1CC1CCOCC1. The number of rotatable bonds is 3.